The summed E-state index contributed by atoms with van der Waals surface area (Å²) in [6, 6.07) is 8.85. The number of hydrogen-bond acceptors (Lipinski definition) is 3. The smallest absolute Gasteiger partial charge is 0.123 e. The molecule has 1 aliphatic heterocycles. The minimum atomic E-state index is 0.503. The zero-order chi connectivity index (χ0) is 13.7. The Morgan fingerprint density at radius 3 is 2.89 bits per heavy atom. The van der Waals surface area contributed by atoms with E-state index in [-0.39, 0.29) is 0 Å². The van der Waals surface area contributed by atoms with Crippen molar-refractivity contribution in [3.63, 3.8) is 0 Å². The highest BCUT2D eigenvalue weighted by Crippen LogP contribution is 2.27. The quantitative estimate of drug-likeness (QED) is 0.886. The second-order valence-corrected chi connectivity index (χ2v) is 5.43. The molecule has 1 aromatic rings. The summed E-state index contributed by atoms with van der Waals surface area (Å²) in [4.78, 5) is 2.52. The van der Waals surface area contributed by atoms with Gasteiger partial charge in [0.2, 0.25) is 0 Å². The lowest BCUT2D eigenvalue weighted by atomic mass is 9.90. The summed E-state index contributed by atoms with van der Waals surface area (Å²) in [5.74, 6) is 1.71. The second kappa shape index (κ2) is 6.92. The first-order valence-corrected chi connectivity index (χ1v) is 7.41. The Balaban J connectivity index is 2.11. The zero-order valence-corrected chi connectivity index (χ0v) is 12.1. The third-order valence-electron chi connectivity index (χ3n) is 4.12. The van der Waals surface area contributed by atoms with E-state index in [0.717, 1.165) is 25.4 Å². The maximum absolute atomic E-state index is 5.96. The topological polar surface area (TPSA) is 38.5 Å². The molecule has 1 aliphatic rings. The maximum Gasteiger partial charge on any atom is 0.123 e. The SMILES string of the molecule is CCOc1ccccc1CN1CCCC(C)C1CN. The minimum absolute atomic E-state index is 0.503. The fourth-order valence-electron chi connectivity index (χ4n) is 3.06. The molecule has 106 valence electrons. The van der Waals surface area contributed by atoms with Gasteiger partial charge in [0.25, 0.3) is 0 Å². The van der Waals surface area contributed by atoms with E-state index in [9.17, 15) is 0 Å². The predicted octanol–water partition coefficient (Wildman–Crippen LogP) is 2.64. The van der Waals surface area contributed by atoms with Crippen LogP contribution in [0.2, 0.25) is 0 Å². The summed E-state index contributed by atoms with van der Waals surface area (Å²) in [5.41, 5.74) is 7.24. The summed E-state index contributed by atoms with van der Waals surface area (Å²) < 4.78 is 5.72. The molecule has 2 N–H and O–H groups in total. The van der Waals surface area contributed by atoms with Crippen LogP contribution in [0, 0.1) is 5.92 Å². The molecule has 3 heteroatoms. The molecule has 1 heterocycles. The summed E-state index contributed by atoms with van der Waals surface area (Å²) >= 11 is 0. The average Bonchev–Trinajstić information content (AvgIpc) is 2.41. The van der Waals surface area contributed by atoms with E-state index in [1.165, 1.54) is 18.4 Å². The molecule has 0 bridgehead atoms. The van der Waals surface area contributed by atoms with E-state index in [1.807, 2.05) is 13.0 Å². The highest BCUT2D eigenvalue weighted by atomic mass is 16.5. The molecular weight excluding hydrogens is 236 g/mol. The average molecular weight is 262 g/mol. The van der Waals surface area contributed by atoms with E-state index >= 15 is 0 Å². The third-order valence-corrected chi connectivity index (χ3v) is 4.12. The molecule has 2 atom stereocenters. The number of benzene rings is 1. The van der Waals surface area contributed by atoms with Crippen molar-refractivity contribution in [2.24, 2.45) is 11.7 Å². The molecule has 0 aliphatic carbocycles. The van der Waals surface area contributed by atoms with Gasteiger partial charge in [0.05, 0.1) is 6.61 Å². The normalized spacial score (nSPS) is 24.4. The van der Waals surface area contributed by atoms with Crippen molar-refractivity contribution in [3.05, 3.63) is 29.8 Å². The largest absolute Gasteiger partial charge is 0.494 e. The molecule has 2 rings (SSSR count). The number of ether oxygens (including phenoxy) is 1. The highest BCUT2D eigenvalue weighted by molar-refractivity contribution is 5.33. The number of rotatable bonds is 5. The standard InChI is InChI=1S/C16H26N2O/c1-3-19-16-9-5-4-8-14(16)12-18-10-6-7-13(2)15(18)11-17/h4-5,8-9,13,15H,3,6-7,10-12,17H2,1-2H3. The Morgan fingerprint density at radius 1 is 1.37 bits per heavy atom. The molecule has 0 spiro atoms. The van der Waals surface area contributed by atoms with Crippen molar-refractivity contribution in [3.8, 4) is 5.75 Å². The van der Waals surface area contributed by atoms with Gasteiger partial charge >= 0.3 is 0 Å². The van der Waals surface area contributed by atoms with Gasteiger partial charge < -0.3 is 10.5 Å². The first-order chi connectivity index (χ1) is 9.26. The van der Waals surface area contributed by atoms with Gasteiger partial charge in [0.1, 0.15) is 5.75 Å². The number of nitrogens with two attached hydrogens (primary N) is 1. The molecule has 1 aromatic carbocycles. The van der Waals surface area contributed by atoms with Crippen molar-refractivity contribution in [1.82, 2.24) is 4.90 Å². The summed E-state index contributed by atoms with van der Waals surface area (Å²) in [6.07, 6.45) is 2.57. The van der Waals surface area contributed by atoms with Crippen molar-refractivity contribution < 1.29 is 4.74 Å². The maximum atomic E-state index is 5.96. The van der Waals surface area contributed by atoms with Crippen LogP contribution in [0.3, 0.4) is 0 Å². The molecule has 1 saturated heterocycles. The number of nitrogens with zero attached hydrogens (tertiary/aromatic N) is 1. The van der Waals surface area contributed by atoms with E-state index in [0.29, 0.717) is 18.6 Å². The van der Waals surface area contributed by atoms with Gasteiger partial charge in [-0.25, -0.2) is 0 Å². The first-order valence-electron chi connectivity index (χ1n) is 7.41. The van der Waals surface area contributed by atoms with Gasteiger partial charge in [-0.2, -0.15) is 0 Å². The van der Waals surface area contributed by atoms with Gasteiger partial charge in [0.15, 0.2) is 0 Å². The first kappa shape index (κ1) is 14.4. The fraction of sp³-hybridized carbons (Fsp3) is 0.625. The van der Waals surface area contributed by atoms with Gasteiger partial charge in [0, 0.05) is 24.7 Å². The van der Waals surface area contributed by atoms with Crippen LogP contribution in [0.1, 0.15) is 32.3 Å². The summed E-state index contributed by atoms with van der Waals surface area (Å²) in [7, 11) is 0. The molecule has 3 nitrogen and oxygen atoms in total. The van der Waals surface area contributed by atoms with Crippen molar-refractivity contribution in [2.75, 3.05) is 19.7 Å². The molecule has 1 fully saturated rings. The molecule has 0 saturated carbocycles. The Bertz CT molecular complexity index is 394. The van der Waals surface area contributed by atoms with Crippen LogP contribution < -0.4 is 10.5 Å². The lowest BCUT2D eigenvalue weighted by Crippen LogP contribution is -2.48. The molecule has 0 amide bonds. The van der Waals surface area contributed by atoms with E-state index in [4.69, 9.17) is 10.5 Å². The Hall–Kier alpha value is -1.06. The number of para-hydroxylation sites is 1. The van der Waals surface area contributed by atoms with E-state index in [1.54, 1.807) is 0 Å². The number of hydrogen-bond donors (Lipinski definition) is 1. The van der Waals surface area contributed by atoms with Crippen molar-refractivity contribution in [2.45, 2.75) is 39.3 Å². The monoisotopic (exact) mass is 262 g/mol. The lowest BCUT2D eigenvalue weighted by molar-refractivity contribution is 0.0979. The third kappa shape index (κ3) is 3.48. The Labute approximate surface area is 116 Å². The zero-order valence-electron chi connectivity index (χ0n) is 12.1. The number of piperidine rings is 1. The van der Waals surface area contributed by atoms with Crippen molar-refractivity contribution in [1.29, 1.82) is 0 Å². The van der Waals surface area contributed by atoms with Crippen molar-refractivity contribution >= 4 is 0 Å². The Kier molecular flexibility index (Phi) is 5.23. The number of likely N-dealkylation sites (tertiary alicyclic amines) is 1. The van der Waals surface area contributed by atoms with Crippen LogP contribution in [0.5, 0.6) is 5.75 Å². The van der Waals surface area contributed by atoms with E-state index in [2.05, 4.69) is 30.0 Å². The lowest BCUT2D eigenvalue weighted by Gasteiger charge is -2.39. The van der Waals surface area contributed by atoms with Crippen LogP contribution in [0.25, 0.3) is 0 Å². The summed E-state index contributed by atoms with van der Waals surface area (Å²) in [6.45, 7) is 7.90. The fourth-order valence-corrected chi connectivity index (χ4v) is 3.06. The highest BCUT2D eigenvalue weighted by Gasteiger charge is 2.27. The Morgan fingerprint density at radius 2 is 2.16 bits per heavy atom. The molecule has 2 unspecified atom stereocenters. The second-order valence-electron chi connectivity index (χ2n) is 5.43. The van der Waals surface area contributed by atoms with Gasteiger partial charge in [-0.15, -0.1) is 0 Å². The van der Waals surface area contributed by atoms with Crippen LogP contribution in [0.15, 0.2) is 24.3 Å². The van der Waals surface area contributed by atoms with Gasteiger partial charge in [-0.1, -0.05) is 25.1 Å². The van der Waals surface area contributed by atoms with Crippen LogP contribution in [-0.4, -0.2) is 30.6 Å². The van der Waals surface area contributed by atoms with Crippen LogP contribution in [0.4, 0.5) is 0 Å². The van der Waals surface area contributed by atoms with Crippen LogP contribution in [-0.2, 0) is 6.54 Å². The van der Waals surface area contributed by atoms with Gasteiger partial charge in [-0.05, 0) is 38.3 Å². The molecule has 0 radical (unpaired) electrons. The molecule has 0 aromatic heterocycles. The predicted molar refractivity (Wildman–Crippen MR) is 79.3 cm³/mol. The summed E-state index contributed by atoms with van der Waals surface area (Å²) in [5, 5.41) is 0. The van der Waals surface area contributed by atoms with E-state index < -0.39 is 0 Å². The minimum Gasteiger partial charge on any atom is -0.494 e. The van der Waals surface area contributed by atoms with Crippen LogP contribution >= 0.6 is 0 Å². The molecular formula is C16H26N2O. The van der Waals surface area contributed by atoms with Gasteiger partial charge in [-0.3, -0.25) is 4.90 Å². The molecule has 19 heavy (non-hydrogen) atoms.